The molecule has 3 rings (SSSR count). The van der Waals surface area contributed by atoms with Crippen LogP contribution >= 0.6 is 0 Å². The minimum atomic E-state index is -0.0602. The first kappa shape index (κ1) is 13.0. The standard InChI is InChI=1S/C15H19N3O2/c1-20-14-4-2-3-12(14)18-15(19)11-8-17-13-7-9(16)5-6-10(11)13/h5-8,12,14,17H,2-4,16H2,1H3,(H,18,19). The van der Waals surface area contributed by atoms with Gasteiger partial charge in [0.15, 0.2) is 0 Å². The van der Waals surface area contributed by atoms with Gasteiger partial charge in [0.05, 0.1) is 17.7 Å². The molecule has 1 heterocycles. The molecule has 1 aromatic carbocycles. The predicted molar refractivity (Wildman–Crippen MR) is 78.6 cm³/mol. The molecule has 2 atom stereocenters. The first-order valence-electron chi connectivity index (χ1n) is 6.89. The van der Waals surface area contributed by atoms with E-state index in [0.29, 0.717) is 11.3 Å². The molecule has 2 unspecified atom stereocenters. The lowest BCUT2D eigenvalue weighted by Crippen LogP contribution is -2.40. The highest BCUT2D eigenvalue weighted by Gasteiger charge is 2.29. The monoisotopic (exact) mass is 273 g/mol. The predicted octanol–water partition coefficient (Wildman–Crippen LogP) is 2.05. The number of hydrogen-bond donors (Lipinski definition) is 3. The average molecular weight is 273 g/mol. The molecule has 1 amide bonds. The van der Waals surface area contributed by atoms with Crippen molar-refractivity contribution in [2.24, 2.45) is 0 Å². The lowest BCUT2D eigenvalue weighted by atomic mass is 10.1. The number of ether oxygens (including phenoxy) is 1. The van der Waals surface area contributed by atoms with Crippen LogP contribution in [0.25, 0.3) is 10.9 Å². The van der Waals surface area contributed by atoms with E-state index in [1.54, 1.807) is 19.4 Å². The molecule has 0 radical (unpaired) electrons. The number of benzene rings is 1. The van der Waals surface area contributed by atoms with E-state index in [9.17, 15) is 4.79 Å². The van der Waals surface area contributed by atoms with Gasteiger partial charge in [-0.05, 0) is 37.5 Å². The Morgan fingerprint density at radius 1 is 1.45 bits per heavy atom. The minimum Gasteiger partial charge on any atom is -0.399 e. The van der Waals surface area contributed by atoms with Crippen molar-refractivity contribution in [2.45, 2.75) is 31.4 Å². The van der Waals surface area contributed by atoms with Crippen LogP contribution in [0.1, 0.15) is 29.6 Å². The lowest BCUT2D eigenvalue weighted by molar-refractivity contribution is 0.0723. The van der Waals surface area contributed by atoms with Crippen molar-refractivity contribution >= 4 is 22.5 Å². The summed E-state index contributed by atoms with van der Waals surface area (Å²) >= 11 is 0. The van der Waals surface area contributed by atoms with Crippen LogP contribution < -0.4 is 11.1 Å². The van der Waals surface area contributed by atoms with Crippen LogP contribution in [-0.4, -0.2) is 30.1 Å². The summed E-state index contributed by atoms with van der Waals surface area (Å²) in [6, 6.07) is 5.62. The molecule has 1 fully saturated rings. The topological polar surface area (TPSA) is 80.1 Å². The quantitative estimate of drug-likeness (QED) is 0.749. The first-order valence-corrected chi connectivity index (χ1v) is 6.89. The number of hydrogen-bond acceptors (Lipinski definition) is 3. The third kappa shape index (κ3) is 2.25. The molecule has 20 heavy (non-hydrogen) atoms. The highest BCUT2D eigenvalue weighted by Crippen LogP contribution is 2.24. The number of rotatable bonds is 3. The van der Waals surface area contributed by atoms with Crippen molar-refractivity contribution in [1.29, 1.82) is 0 Å². The molecule has 2 aromatic rings. The molecule has 0 bridgehead atoms. The third-order valence-corrected chi connectivity index (χ3v) is 4.02. The molecular weight excluding hydrogens is 254 g/mol. The number of anilines is 1. The Morgan fingerprint density at radius 2 is 2.30 bits per heavy atom. The number of carbonyl (C=O) groups is 1. The van der Waals surface area contributed by atoms with Gasteiger partial charge in [-0.3, -0.25) is 4.79 Å². The molecule has 5 nitrogen and oxygen atoms in total. The fourth-order valence-electron chi connectivity index (χ4n) is 2.95. The summed E-state index contributed by atoms with van der Waals surface area (Å²) in [7, 11) is 1.70. The third-order valence-electron chi connectivity index (χ3n) is 4.02. The lowest BCUT2D eigenvalue weighted by Gasteiger charge is -2.19. The van der Waals surface area contributed by atoms with Crippen LogP contribution in [0.3, 0.4) is 0 Å². The first-order chi connectivity index (χ1) is 9.69. The normalized spacial score (nSPS) is 22.2. The van der Waals surface area contributed by atoms with Crippen molar-refractivity contribution < 1.29 is 9.53 Å². The number of nitrogens with one attached hydrogen (secondary N) is 2. The Kier molecular flexibility index (Phi) is 3.36. The van der Waals surface area contributed by atoms with Gasteiger partial charge < -0.3 is 20.8 Å². The van der Waals surface area contributed by atoms with E-state index in [0.717, 1.165) is 30.2 Å². The van der Waals surface area contributed by atoms with Crippen molar-refractivity contribution in [2.75, 3.05) is 12.8 Å². The fraction of sp³-hybridized carbons (Fsp3) is 0.400. The van der Waals surface area contributed by atoms with E-state index in [-0.39, 0.29) is 18.1 Å². The number of methoxy groups -OCH3 is 1. The zero-order valence-electron chi connectivity index (χ0n) is 11.5. The maximum absolute atomic E-state index is 12.4. The molecule has 0 saturated heterocycles. The zero-order chi connectivity index (χ0) is 14.1. The summed E-state index contributed by atoms with van der Waals surface area (Å²) < 4.78 is 5.41. The maximum atomic E-state index is 12.4. The smallest absolute Gasteiger partial charge is 0.253 e. The molecule has 1 aliphatic carbocycles. The Balaban J connectivity index is 1.82. The Morgan fingerprint density at radius 3 is 3.10 bits per heavy atom. The number of aromatic nitrogens is 1. The Labute approximate surface area is 117 Å². The number of nitrogens with two attached hydrogens (primary N) is 1. The van der Waals surface area contributed by atoms with Gasteiger partial charge in [-0.25, -0.2) is 0 Å². The SMILES string of the molecule is COC1CCCC1NC(=O)c1c[nH]c2cc(N)ccc12. The number of carbonyl (C=O) groups excluding carboxylic acids is 1. The van der Waals surface area contributed by atoms with E-state index in [2.05, 4.69) is 10.3 Å². The summed E-state index contributed by atoms with van der Waals surface area (Å²) in [6.45, 7) is 0. The summed E-state index contributed by atoms with van der Waals surface area (Å²) in [5.41, 5.74) is 7.96. The van der Waals surface area contributed by atoms with Crippen molar-refractivity contribution in [1.82, 2.24) is 10.3 Å². The van der Waals surface area contributed by atoms with Crippen molar-refractivity contribution in [3.05, 3.63) is 30.0 Å². The number of amides is 1. The molecule has 4 N–H and O–H groups in total. The Hall–Kier alpha value is -2.01. The molecule has 1 aromatic heterocycles. The molecule has 0 spiro atoms. The highest BCUT2D eigenvalue weighted by molar-refractivity contribution is 6.07. The molecule has 5 heteroatoms. The van der Waals surface area contributed by atoms with Gasteiger partial charge in [0.25, 0.3) is 5.91 Å². The fourth-order valence-corrected chi connectivity index (χ4v) is 2.95. The molecule has 106 valence electrons. The summed E-state index contributed by atoms with van der Waals surface area (Å²) in [6.07, 6.45) is 4.93. The summed E-state index contributed by atoms with van der Waals surface area (Å²) in [5, 5.41) is 3.97. The van der Waals surface area contributed by atoms with Crippen LogP contribution in [0.2, 0.25) is 0 Å². The second-order valence-corrected chi connectivity index (χ2v) is 5.29. The van der Waals surface area contributed by atoms with Gasteiger partial charge in [0.1, 0.15) is 0 Å². The highest BCUT2D eigenvalue weighted by atomic mass is 16.5. The van der Waals surface area contributed by atoms with Crippen molar-refractivity contribution in [3.8, 4) is 0 Å². The van der Waals surface area contributed by atoms with E-state index in [1.165, 1.54) is 0 Å². The van der Waals surface area contributed by atoms with Gasteiger partial charge in [-0.2, -0.15) is 0 Å². The van der Waals surface area contributed by atoms with Crippen LogP contribution in [0.4, 0.5) is 5.69 Å². The van der Waals surface area contributed by atoms with E-state index < -0.39 is 0 Å². The van der Waals surface area contributed by atoms with Gasteiger partial charge >= 0.3 is 0 Å². The Bertz CT molecular complexity index is 635. The number of nitrogen functional groups attached to an aromatic ring is 1. The van der Waals surface area contributed by atoms with Gasteiger partial charge in [-0.1, -0.05) is 0 Å². The second kappa shape index (κ2) is 5.17. The number of H-pyrrole nitrogens is 1. The summed E-state index contributed by atoms with van der Waals surface area (Å²) in [5.74, 6) is -0.0602. The van der Waals surface area contributed by atoms with Crippen LogP contribution in [0.5, 0.6) is 0 Å². The second-order valence-electron chi connectivity index (χ2n) is 5.29. The zero-order valence-corrected chi connectivity index (χ0v) is 11.5. The average Bonchev–Trinajstić information content (AvgIpc) is 3.04. The largest absolute Gasteiger partial charge is 0.399 e. The molecule has 1 aliphatic rings. The molecular formula is C15H19N3O2. The van der Waals surface area contributed by atoms with Gasteiger partial charge in [0.2, 0.25) is 0 Å². The van der Waals surface area contributed by atoms with E-state index in [4.69, 9.17) is 10.5 Å². The van der Waals surface area contributed by atoms with Gasteiger partial charge in [0, 0.05) is 29.9 Å². The van der Waals surface area contributed by atoms with Crippen LogP contribution in [-0.2, 0) is 4.74 Å². The van der Waals surface area contributed by atoms with Crippen molar-refractivity contribution in [3.63, 3.8) is 0 Å². The van der Waals surface area contributed by atoms with Gasteiger partial charge in [-0.15, -0.1) is 0 Å². The van der Waals surface area contributed by atoms with Crippen LogP contribution in [0.15, 0.2) is 24.4 Å². The number of aromatic amines is 1. The minimum absolute atomic E-state index is 0.0602. The number of fused-ring (bicyclic) bond motifs is 1. The summed E-state index contributed by atoms with van der Waals surface area (Å²) in [4.78, 5) is 15.5. The van der Waals surface area contributed by atoms with E-state index in [1.807, 2.05) is 12.1 Å². The van der Waals surface area contributed by atoms with Crippen LogP contribution in [0, 0.1) is 0 Å². The van der Waals surface area contributed by atoms with E-state index >= 15 is 0 Å². The molecule has 1 saturated carbocycles. The maximum Gasteiger partial charge on any atom is 0.253 e. The molecule has 0 aliphatic heterocycles.